The van der Waals surface area contributed by atoms with Crippen LogP contribution in [0, 0.1) is 3.57 Å². The molecular formula is C13H15IO4. The lowest BCUT2D eigenvalue weighted by molar-refractivity contribution is -0.144. The van der Waals surface area contributed by atoms with Crippen LogP contribution in [0.4, 0.5) is 0 Å². The molecule has 0 N–H and O–H groups in total. The number of carbonyl (C=O) groups excluding carboxylic acids is 2. The second-order valence-corrected chi connectivity index (χ2v) is 4.86. The van der Waals surface area contributed by atoms with E-state index < -0.39 is 5.97 Å². The van der Waals surface area contributed by atoms with Crippen LogP contribution in [0.3, 0.4) is 0 Å². The number of hydrogen-bond donors (Lipinski definition) is 0. The summed E-state index contributed by atoms with van der Waals surface area (Å²) < 4.78 is 10.8. The van der Waals surface area contributed by atoms with Gasteiger partial charge in [0.05, 0.1) is 18.6 Å². The highest BCUT2D eigenvalue weighted by Crippen LogP contribution is 2.09. The van der Waals surface area contributed by atoms with Crippen molar-refractivity contribution in [2.75, 3.05) is 13.2 Å². The highest BCUT2D eigenvalue weighted by Gasteiger charge is 2.09. The highest BCUT2D eigenvalue weighted by atomic mass is 127. The predicted molar refractivity (Wildman–Crippen MR) is 75.3 cm³/mol. The number of esters is 2. The minimum atomic E-state index is -0.420. The maximum Gasteiger partial charge on any atom is 0.338 e. The maximum absolute atomic E-state index is 11.6. The van der Waals surface area contributed by atoms with E-state index in [4.69, 9.17) is 9.47 Å². The fourth-order valence-corrected chi connectivity index (χ4v) is 1.76. The van der Waals surface area contributed by atoms with E-state index in [9.17, 15) is 9.59 Å². The van der Waals surface area contributed by atoms with Crippen LogP contribution in [0.1, 0.15) is 30.1 Å². The second kappa shape index (κ2) is 8.07. The van der Waals surface area contributed by atoms with Crippen LogP contribution >= 0.6 is 22.6 Å². The standard InChI is InChI=1S/C13H15IO4/c1-2-7-17-12(15)6-8-18-13(16)10-4-3-5-11(14)9-10/h3-5,9H,2,6-8H2,1H3. The smallest absolute Gasteiger partial charge is 0.338 e. The lowest BCUT2D eigenvalue weighted by atomic mass is 10.2. The van der Waals surface area contributed by atoms with Gasteiger partial charge >= 0.3 is 11.9 Å². The van der Waals surface area contributed by atoms with Gasteiger partial charge in [0.1, 0.15) is 6.61 Å². The van der Waals surface area contributed by atoms with Crippen LogP contribution in [0.25, 0.3) is 0 Å². The summed E-state index contributed by atoms with van der Waals surface area (Å²) in [4.78, 5) is 22.8. The molecule has 18 heavy (non-hydrogen) atoms. The summed E-state index contributed by atoms with van der Waals surface area (Å²) in [5.41, 5.74) is 0.490. The van der Waals surface area contributed by atoms with Crippen LogP contribution < -0.4 is 0 Å². The van der Waals surface area contributed by atoms with Crippen LogP contribution in [0.2, 0.25) is 0 Å². The normalized spacial score (nSPS) is 9.89. The highest BCUT2D eigenvalue weighted by molar-refractivity contribution is 14.1. The van der Waals surface area contributed by atoms with E-state index in [0.29, 0.717) is 12.2 Å². The minimum Gasteiger partial charge on any atom is -0.466 e. The molecule has 0 bridgehead atoms. The predicted octanol–water partition coefficient (Wildman–Crippen LogP) is 2.79. The monoisotopic (exact) mass is 362 g/mol. The maximum atomic E-state index is 11.6. The first kappa shape index (κ1) is 14.9. The van der Waals surface area contributed by atoms with Gasteiger partial charge in [0.15, 0.2) is 0 Å². The van der Waals surface area contributed by atoms with Crippen molar-refractivity contribution in [3.63, 3.8) is 0 Å². The van der Waals surface area contributed by atoms with Crippen molar-refractivity contribution in [2.45, 2.75) is 19.8 Å². The molecule has 98 valence electrons. The molecule has 0 radical (unpaired) electrons. The molecule has 0 amide bonds. The number of benzene rings is 1. The van der Waals surface area contributed by atoms with Crippen LogP contribution in [0.15, 0.2) is 24.3 Å². The van der Waals surface area contributed by atoms with Crippen LogP contribution in [-0.2, 0) is 14.3 Å². The number of hydrogen-bond acceptors (Lipinski definition) is 4. The molecule has 0 spiro atoms. The molecule has 0 fully saturated rings. The first-order valence-corrected chi connectivity index (χ1v) is 6.79. The third-order valence-electron chi connectivity index (χ3n) is 2.07. The molecule has 0 saturated heterocycles. The van der Waals surface area contributed by atoms with Crippen molar-refractivity contribution in [3.05, 3.63) is 33.4 Å². The molecule has 0 heterocycles. The lowest BCUT2D eigenvalue weighted by Gasteiger charge is -2.05. The van der Waals surface area contributed by atoms with Crippen LogP contribution in [-0.4, -0.2) is 25.2 Å². The molecule has 5 heteroatoms. The van der Waals surface area contributed by atoms with Crippen molar-refractivity contribution < 1.29 is 19.1 Å². The lowest BCUT2D eigenvalue weighted by Crippen LogP contribution is -2.12. The Balaban J connectivity index is 2.31. The van der Waals surface area contributed by atoms with E-state index in [1.807, 2.05) is 13.0 Å². The summed E-state index contributed by atoms with van der Waals surface area (Å²) in [5, 5.41) is 0. The molecular weight excluding hydrogens is 347 g/mol. The van der Waals surface area contributed by atoms with Gasteiger partial charge in [-0.05, 0) is 47.2 Å². The Bertz CT molecular complexity index is 417. The summed E-state index contributed by atoms with van der Waals surface area (Å²) in [6.45, 7) is 2.38. The van der Waals surface area contributed by atoms with Gasteiger partial charge < -0.3 is 9.47 Å². The molecule has 0 aliphatic rings. The number of carbonyl (C=O) groups is 2. The van der Waals surface area contributed by atoms with Crippen molar-refractivity contribution >= 4 is 34.5 Å². The Kier molecular flexibility index (Phi) is 6.70. The average molecular weight is 362 g/mol. The molecule has 0 aliphatic heterocycles. The topological polar surface area (TPSA) is 52.6 Å². The van der Waals surface area contributed by atoms with E-state index in [-0.39, 0.29) is 19.0 Å². The second-order valence-electron chi connectivity index (χ2n) is 3.62. The third-order valence-corrected chi connectivity index (χ3v) is 2.74. The van der Waals surface area contributed by atoms with Gasteiger partial charge in [-0.3, -0.25) is 4.79 Å². The Morgan fingerprint density at radius 1 is 1.22 bits per heavy atom. The van der Waals surface area contributed by atoms with E-state index in [1.54, 1.807) is 18.2 Å². The first-order valence-electron chi connectivity index (χ1n) is 5.71. The molecule has 0 atom stereocenters. The zero-order valence-electron chi connectivity index (χ0n) is 10.1. The summed E-state index contributed by atoms with van der Waals surface area (Å²) >= 11 is 2.12. The molecule has 0 saturated carbocycles. The molecule has 1 aromatic carbocycles. The van der Waals surface area contributed by atoms with E-state index in [1.165, 1.54) is 0 Å². The van der Waals surface area contributed by atoms with Gasteiger partial charge in [0.2, 0.25) is 0 Å². The average Bonchev–Trinajstić information content (AvgIpc) is 2.36. The number of halogens is 1. The summed E-state index contributed by atoms with van der Waals surface area (Å²) in [7, 11) is 0. The molecule has 0 unspecified atom stereocenters. The fraction of sp³-hybridized carbons (Fsp3) is 0.385. The van der Waals surface area contributed by atoms with Crippen molar-refractivity contribution in [2.24, 2.45) is 0 Å². The molecule has 0 aromatic heterocycles. The van der Waals surface area contributed by atoms with Crippen molar-refractivity contribution in [1.82, 2.24) is 0 Å². The SMILES string of the molecule is CCCOC(=O)CCOC(=O)c1cccc(I)c1. The zero-order chi connectivity index (χ0) is 13.4. The van der Waals surface area contributed by atoms with Gasteiger partial charge in [0.25, 0.3) is 0 Å². The first-order chi connectivity index (χ1) is 8.63. The van der Waals surface area contributed by atoms with Crippen molar-refractivity contribution in [3.8, 4) is 0 Å². The summed E-state index contributed by atoms with van der Waals surface area (Å²) in [6, 6.07) is 7.09. The van der Waals surface area contributed by atoms with Gasteiger partial charge in [-0.2, -0.15) is 0 Å². The van der Waals surface area contributed by atoms with Gasteiger partial charge in [-0.15, -0.1) is 0 Å². The van der Waals surface area contributed by atoms with Gasteiger partial charge in [0, 0.05) is 3.57 Å². The molecule has 0 aliphatic carbocycles. The van der Waals surface area contributed by atoms with Crippen molar-refractivity contribution in [1.29, 1.82) is 0 Å². The Labute approximate surface area is 120 Å². The quantitative estimate of drug-likeness (QED) is 0.577. The zero-order valence-corrected chi connectivity index (χ0v) is 12.3. The molecule has 1 aromatic rings. The number of ether oxygens (including phenoxy) is 2. The Morgan fingerprint density at radius 3 is 2.67 bits per heavy atom. The Hall–Kier alpha value is -1.11. The number of rotatable bonds is 6. The van der Waals surface area contributed by atoms with Gasteiger partial charge in [-0.25, -0.2) is 4.79 Å². The van der Waals surface area contributed by atoms with E-state index in [0.717, 1.165) is 9.99 Å². The fourth-order valence-electron chi connectivity index (χ4n) is 1.21. The van der Waals surface area contributed by atoms with Crippen LogP contribution in [0.5, 0.6) is 0 Å². The largest absolute Gasteiger partial charge is 0.466 e. The summed E-state index contributed by atoms with van der Waals surface area (Å²) in [6.07, 6.45) is 0.879. The Morgan fingerprint density at radius 2 is 2.00 bits per heavy atom. The van der Waals surface area contributed by atoms with E-state index in [2.05, 4.69) is 22.6 Å². The molecule has 1 rings (SSSR count). The summed E-state index contributed by atoms with van der Waals surface area (Å²) in [5.74, 6) is -0.760. The van der Waals surface area contributed by atoms with Gasteiger partial charge in [-0.1, -0.05) is 13.0 Å². The minimum absolute atomic E-state index is 0.0485. The van der Waals surface area contributed by atoms with E-state index >= 15 is 0 Å². The third kappa shape index (κ3) is 5.48. The molecule has 4 nitrogen and oxygen atoms in total.